The number of carboxylic acid groups (broad SMARTS) is 1. The van der Waals surface area contributed by atoms with Gasteiger partial charge in [-0.15, -0.1) is 12.6 Å². The largest absolute Gasteiger partial charge is 0.479 e. The van der Waals surface area contributed by atoms with E-state index in [1.54, 1.807) is 6.07 Å². The van der Waals surface area contributed by atoms with Crippen LogP contribution in [0.5, 0.6) is 0 Å². The first-order chi connectivity index (χ1) is 13.3. The van der Waals surface area contributed by atoms with Gasteiger partial charge < -0.3 is 15.7 Å². The first-order valence-corrected chi connectivity index (χ1v) is 9.55. The Labute approximate surface area is 172 Å². The zero-order valence-corrected chi connectivity index (χ0v) is 17.2. The molecule has 0 aromatic heterocycles. The molecule has 4 nitrogen and oxygen atoms in total. The van der Waals surface area contributed by atoms with E-state index in [4.69, 9.17) is 0 Å². The first kappa shape index (κ1) is 21.4. The molecule has 8 heteroatoms. The number of alkyl halides is 3. The number of carbonyl (C=O) groups is 1. The number of carboxylic acids is 1. The minimum atomic E-state index is -4.38. The maximum Gasteiger partial charge on any atom is 0.416 e. The molecule has 1 aliphatic heterocycles. The van der Waals surface area contributed by atoms with Crippen LogP contribution in [0.15, 0.2) is 42.5 Å². The van der Waals surface area contributed by atoms with Crippen molar-refractivity contribution in [1.29, 1.82) is 0 Å². The Morgan fingerprint density at radius 2 is 1.93 bits per heavy atom. The van der Waals surface area contributed by atoms with Crippen molar-refractivity contribution >= 4 is 30.0 Å². The van der Waals surface area contributed by atoms with E-state index in [1.807, 2.05) is 32.0 Å². The standard InChI is InChI=1S/C21H23F3N2O2S/c1-19(2)11-13-9-14(21(22,23)24)7-8-16(13)25-17(19)12-5-4-6-15(10-12)26-20(3,29)18(27)28/h4-10,17,25-26,29H,11H2,1-3H3,(H,27,28). The second kappa shape index (κ2) is 7.16. The van der Waals surface area contributed by atoms with Gasteiger partial charge in [0.2, 0.25) is 0 Å². The number of benzene rings is 2. The fourth-order valence-electron chi connectivity index (χ4n) is 3.67. The summed E-state index contributed by atoms with van der Waals surface area (Å²) in [5.74, 6) is -1.10. The topological polar surface area (TPSA) is 61.4 Å². The van der Waals surface area contributed by atoms with Crippen molar-refractivity contribution in [3.63, 3.8) is 0 Å². The van der Waals surface area contributed by atoms with Gasteiger partial charge in [-0.3, -0.25) is 0 Å². The summed E-state index contributed by atoms with van der Waals surface area (Å²) in [5, 5.41) is 15.5. The third-order valence-electron chi connectivity index (χ3n) is 5.18. The summed E-state index contributed by atoms with van der Waals surface area (Å²) in [6, 6.07) is 10.9. The fourth-order valence-corrected chi connectivity index (χ4v) is 3.80. The number of anilines is 2. The maximum absolute atomic E-state index is 13.1. The summed E-state index contributed by atoms with van der Waals surface area (Å²) < 4.78 is 39.2. The number of halogens is 3. The number of thiol groups is 1. The highest BCUT2D eigenvalue weighted by Crippen LogP contribution is 2.46. The van der Waals surface area contributed by atoms with Crippen LogP contribution in [0.2, 0.25) is 0 Å². The lowest BCUT2D eigenvalue weighted by molar-refractivity contribution is -0.139. The maximum atomic E-state index is 13.1. The molecule has 29 heavy (non-hydrogen) atoms. The molecular formula is C21H23F3N2O2S. The van der Waals surface area contributed by atoms with E-state index in [9.17, 15) is 23.1 Å². The van der Waals surface area contributed by atoms with E-state index < -0.39 is 22.6 Å². The molecule has 0 fully saturated rings. The van der Waals surface area contributed by atoms with E-state index in [-0.39, 0.29) is 11.5 Å². The second-order valence-corrected chi connectivity index (χ2v) is 9.13. The SMILES string of the molecule is CC(S)(Nc1cccc(C2Nc3ccc(C(F)(F)F)cc3CC2(C)C)c1)C(=O)O. The highest BCUT2D eigenvalue weighted by atomic mass is 32.1. The first-order valence-electron chi connectivity index (χ1n) is 9.10. The molecule has 156 valence electrons. The Bertz CT molecular complexity index is 942. The molecule has 0 spiro atoms. The van der Waals surface area contributed by atoms with Crippen LogP contribution >= 0.6 is 12.6 Å². The Hall–Kier alpha value is -2.35. The lowest BCUT2D eigenvalue weighted by atomic mass is 9.72. The Kier molecular flexibility index (Phi) is 5.28. The molecule has 1 heterocycles. The third-order valence-corrected chi connectivity index (χ3v) is 5.49. The third kappa shape index (κ3) is 4.47. The summed E-state index contributed by atoms with van der Waals surface area (Å²) in [6.45, 7) is 5.43. The smallest absolute Gasteiger partial charge is 0.416 e. The van der Waals surface area contributed by atoms with Gasteiger partial charge >= 0.3 is 12.1 Å². The van der Waals surface area contributed by atoms with Crippen molar-refractivity contribution in [1.82, 2.24) is 0 Å². The van der Waals surface area contributed by atoms with Gasteiger partial charge in [0, 0.05) is 11.4 Å². The van der Waals surface area contributed by atoms with Gasteiger partial charge in [-0.05, 0) is 60.2 Å². The molecule has 0 saturated carbocycles. The number of hydrogen-bond acceptors (Lipinski definition) is 4. The van der Waals surface area contributed by atoms with Crippen molar-refractivity contribution in [2.75, 3.05) is 10.6 Å². The van der Waals surface area contributed by atoms with Crippen LogP contribution in [0.1, 0.15) is 43.5 Å². The van der Waals surface area contributed by atoms with Gasteiger partial charge in [-0.2, -0.15) is 13.2 Å². The fraction of sp³-hybridized carbons (Fsp3) is 0.381. The lowest BCUT2D eigenvalue weighted by Gasteiger charge is -2.41. The summed E-state index contributed by atoms with van der Waals surface area (Å²) in [4.78, 5) is 9.88. The van der Waals surface area contributed by atoms with Crippen LogP contribution in [0, 0.1) is 5.41 Å². The molecule has 0 aliphatic carbocycles. The zero-order valence-electron chi connectivity index (χ0n) is 16.3. The van der Waals surface area contributed by atoms with Crippen molar-refractivity contribution in [3.8, 4) is 0 Å². The van der Waals surface area contributed by atoms with Crippen LogP contribution in [-0.2, 0) is 17.4 Å². The molecule has 3 N–H and O–H groups in total. The van der Waals surface area contributed by atoms with Gasteiger partial charge in [0.25, 0.3) is 0 Å². The quantitative estimate of drug-likeness (QED) is 0.382. The molecular weight excluding hydrogens is 401 g/mol. The highest BCUT2D eigenvalue weighted by Gasteiger charge is 2.38. The molecule has 1 aliphatic rings. The van der Waals surface area contributed by atoms with Crippen LogP contribution in [-0.4, -0.2) is 15.9 Å². The average molecular weight is 424 g/mol. The van der Waals surface area contributed by atoms with Crippen LogP contribution in [0.25, 0.3) is 0 Å². The Morgan fingerprint density at radius 1 is 1.24 bits per heavy atom. The summed E-state index contributed by atoms with van der Waals surface area (Å²) in [6.07, 6.45) is -3.90. The Morgan fingerprint density at radius 3 is 2.55 bits per heavy atom. The molecule has 2 aromatic carbocycles. The van der Waals surface area contributed by atoms with E-state index in [0.29, 0.717) is 23.4 Å². The van der Waals surface area contributed by atoms with Crippen LogP contribution in [0.3, 0.4) is 0 Å². The van der Waals surface area contributed by atoms with E-state index in [2.05, 4.69) is 23.3 Å². The highest BCUT2D eigenvalue weighted by molar-refractivity contribution is 7.82. The summed E-state index contributed by atoms with van der Waals surface area (Å²) in [7, 11) is 0. The van der Waals surface area contributed by atoms with Gasteiger partial charge in [0.15, 0.2) is 4.87 Å². The monoisotopic (exact) mass is 424 g/mol. The van der Waals surface area contributed by atoms with Crippen molar-refractivity contribution in [3.05, 3.63) is 59.2 Å². The minimum absolute atomic E-state index is 0.163. The molecule has 0 amide bonds. The number of aliphatic carboxylic acids is 1. The molecule has 0 saturated heterocycles. The van der Waals surface area contributed by atoms with Gasteiger partial charge in [0.1, 0.15) is 0 Å². The minimum Gasteiger partial charge on any atom is -0.479 e. The summed E-state index contributed by atoms with van der Waals surface area (Å²) >= 11 is 4.14. The second-order valence-electron chi connectivity index (χ2n) is 8.24. The predicted octanol–water partition coefficient (Wildman–Crippen LogP) is 5.58. The van der Waals surface area contributed by atoms with E-state index >= 15 is 0 Å². The molecule has 0 bridgehead atoms. The molecule has 0 radical (unpaired) electrons. The van der Waals surface area contributed by atoms with Gasteiger partial charge in [0.05, 0.1) is 11.6 Å². The number of nitrogens with one attached hydrogen (secondary N) is 2. The van der Waals surface area contributed by atoms with Gasteiger partial charge in [-0.1, -0.05) is 26.0 Å². The van der Waals surface area contributed by atoms with Crippen molar-refractivity contribution < 1.29 is 23.1 Å². The molecule has 2 atom stereocenters. The molecule has 2 unspecified atom stereocenters. The predicted molar refractivity (Wildman–Crippen MR) is 110 cm³/mol. The van der Waals surface area contributed by atoms with Crippen LogP contribution in [0.4, 0.5) is 24.5 Å². The zero-order chi connectivity index (χ0) is 21.6. The summed E-state index contributed by atoms with van der Waals surface area (Å²) in [5.41, 5.74) is 1.78. The number of fused-ring (bicyclic) bond motifs is 1. The number of rotatable bonds is 4. The van der Waals surface area contributed by atoms with E-state index in [0.717, 1.165) is 11.6 Å². The number of hydrogen-bond donors (Lipinski definition) is 4. The van der Waals surface area contributed by atoms with E-state index in [1.165, 1.54) is 19.1 Å². The van der Waals surface area contributed by atoms with Crippen molar-refractivity contribution in [2.24, 2.45) is 5.41 Å². The van der Waals surface area contributed by atoms with Crippen molar-refractivity contribution in [2.45, 2.75) is 44.3 Å². The Balaban J connectivity index is 1.92. The normalized spacial score (nSPS) is 20.2. The lowest BCUT2D eigenvalue weighted by Crippen LogP contribution is -2.38. The average Bonchev–Trinajstić information content (AvgIpc) is 2.58. The molecule has 3 rings (SSSR count). The molecule has 2 aromatic rings. The van der Waals surface area contributed by atoms with Crippen LogP contribution < -0.4 is 10.6 Å². The van der Waals surface area contributed by atoms with Gasteiger partial charge in [-0.25, -0.2) is 4.79 Å².